The molecule has 3 rings (SSSR count). The zero-order valence-corrected chi connectivity index (χ0v) is 12.4. The third-order valence-corrected chi connectivity index (χ3v) is 6.02. The maximum absolute atomic E-state index is 12.8. The average molecular weight is 296 g/mol. The Balaban J connectivity index is 2.00. The van der Waals surface area contributed by atoms with Gasteiger partial charge in [-0.25, -0.2) is 8.42 Å². The van der Waals surface area contributed by atoms with Gasteiger partial charge in [-0.05, 0) is 43.9 Å². The minimum absolute atomic E-state index is 0.173. The minimum atomic E-state index is -3.52. The Labute approximate surface area is 119 Å². The number of hydrogen-bond donors (Lipinski definition) is 2. The van der Waals surface area contributed by atoms with Gasteiger partial charge in [0.15, 0.2) is 0 Å². The molecule has 110 valence electrons. The number of hydrogen-bond acceptors (Lipinski definition) is 4. The Hall–Kier alpha value is -1.11. The van der Waals surface area contributed by atoms with Gasteiger partial charge in [-0.15, -0.1) is 0 Å². The normalized spacial score (nSPS) is 27.1. The molecule has 1 fully saturated rings. The zero-order valence-electron chi connectivity index (χ0n) is 11.6. The van der Waals surface area contributed by atoms with E-state index in [1.165, 1.54) is 4.31 Å². The molecule has 0 amide bonds. The fourth-order valence-corrected chi connectivity index (χ4v) is 4.80. The first-order chi connectivity index (χ1) is 9.40. The molecular formula is C14H20N2O3S. The van der Waals surface area contributed by atoms with Crippen molar-refractivity contribution >= 4 is 15.7 Å². The second-order valence-corrected chi connectivity index (χ2v) is 7.80. The van der Waals surface area contributed by atoms with Crippen molar-refractivity contribution in [2.45, 2.75) is 36.7 Å². The molecular weight excluding hydrogens is 276 g/mol. The molecule has 1 aromatic carbocycles. The van der Waals surface area contributed by atoms with E-state index in [1.54, 1.807) is 19.1 Å². The van der Waals surface area contributed by atoms with Crippen molar-refractivity contribution < 1.29 is 13.5 Å². The van der Waals surface area contributed by atoms with Crippen LogP contribution in [0.25, 0.3) is 0 Å². The van der Waals surface area contributed by atoms with Crippen LogP contribution in [0.2, 0.25) is 0 Å². The molecule has 1 saturated heterocycles. The van der Waals surface area contributed by atoms with Gasteiger partial charge in [0.05, 0.1) is 10.5 Å². The predicted molar refractivity (Wildman–Crippen MR) is 77.3 cm³/mol. The summed E-state index contributed by atoms with van der Waals surface area (Å²) < 4.78 is 27.0. The van der Waals surface area contributed by atoms with Crippen molar-refractivity contribution in [3.05, 3.63) is 23.8 Å². The van der Waals surface area contributed by atoms with Crippen LogP contribution in [0.15, 0.2) is 23.1 Å². The van der Waals surface area contributed by atoms with E-state index >= 15 is 0 Å². The highest BCUT2D eigenvalue weighted by atomic mass is 32.2. The SMILES string of the molecule is CC1(O)CCN(S(=O)(=O)c2cccc3c2CCCN3)C1. The van der Waals surface area contributed by atoms with Crippen molar-refractivity contribution in [1.29, 1.82) is 0 Å². The van der Waals surface area contributed by atoms with Crippen LogP contribution in [0.3, 0.4) is 0 Å². The Kier molecular flexibility index (Phi) is 3.27. The molecule has 0 radical (unpaired) electrons. The summed E-state index contributed by atoms with van der Waals surface area (Å²) in [5, 5.41) is 13.2. The van der Waals surface area contributed by atoms with Gasteiger partial charge in [0.1, 0.15) is 0 Å². The van der Waals surface area contributed by atoms with Crippen LogP contribution in [-0.4, -0.2) is 43.1 Å². The van der Waals surface area contributed by atoms with Gasteiger partial charge in [-0.2, -0.15) is 4.31 Å². The lowest BCUT2D eigenvalue weighted by Gasteiger charge is -2.24. The number of fused-ring (bicyclic) bond motifs is 1. The number of nitrogens with zero attached hydrogens (tertiary/aromatic N) is 1. The van der Waals surface area contributed by atoms with Gasteiger partial charge in [0.25, 0.3) is 0 Å². The van der Waals surface area contributed by atoms with Gasteiger partial charge >= 0.3 is 0 Å². The van der Waals surface area contributed by atoms with Gasteiger partial charge < -0.3 is 10.4 Å². The second-order valence-electron chi connectivity index (χ2n) is 5.90. The van der Waals surface area contributed by atoms with E-state index < -0.39 is 15.6 Å². The van der Waals surface area contributed by atoms with E-state index in [0.717, 1.165) is 30.6 Å². The molecule has 0 bridgehead atoms. The number of β-amino-alcohol motifs (C(OH)–C–C–N with tert-alkyl or cyclic N) is 1. The van der Waals surface area contributed by atoms with Crippen LogP contribution >= 0.6 is 0 Å². The van der Waals surface area contributed by atoms with Crippen LogP contribution in [-0.2, 0) is 16.4 Å². The number of aliphatic hydroxyl groups is 1. The summed E-state index contributed by atoms with van der Waals surface area (Å²) in [6, 6.07) is 5.38. The first kappa shape index (κ1) is 13.9. The quantitative estimate of drug-likeness (QED) is 0.860. The van der Waals surface area contributed by atoms with E-state index in [1.807, 2.05) is 6.07 Å². The standard InChI is InChI=1S/C14H20N2O3S/c1-14(17)7-9-16(10-14)20(18,19)13-6-2-5-12-11(13)4-3-8-15-12/h2,5-6,15,17H,3-4,7-10H2,1H3. The molecule has 6 heteroatoms. The monoisotopic (exact) mass is 296 g/mol. The van der Waals surface area contributed by atoms with E-state index in [0.29, 0.717) is 17.9 Å². The summed E-state index contributed by atoms with van der Waals surface area (Å²) in [5.41, 5.74) is 0.883. The number of anilines is 1. The van der Waals surface area contributed by atoms with Crippen molar-refractivity contribution in [2.24, 2.45) is 0 Å². The highest BCUT2D eigenvalue weighted by Gasteiger charge is 2.39. The molecule has 1 atom stereocenters. The summed E-state index contributed by atoms with van der Waals surface area (Å²) in [7, 11) is -3.52. The largest absolute Gasteiger partial charge is 0.389 e. The topological polar surface area (TPSA) is 69.6 Å². The summed E-state index contributed by atoms with van der Waals surface area (Å²) in [4.78, 5) is 0.389. The molecule has 20 heavy (non-hydrogen) atoms. The molecule has 2 heterocycles. The smallest absolute Gasteiger partial charge is 0.243 e. The van der Waals surface area contributed by atoms with Crippen molar-refractivity contribution in [3.63, 3.8) is 0 Å². The molecule has 2 aliphatic rings. The lowest BCUT2D eigenvalue weighted by atomic mass is 10.0. The maximum Gasteiger partial charge on any atom is 0.243 e. The van der Waals surface area contributed by atoms with Gasteiger partial charge in [-0.1, -0.05) is 6.07 Å². The van der Waals surface area contributed by atoms with E-state index in [9.17, 15) is 13.5 Å². The van der Waals surface area contributed by atoms with E-state index in [2.05, 4.69) is 5.32 Å². The lowest BCUT2D eigenvalue weighted by molar-refractivity contribution is 0.0762. The Morgan fingerprint density at radius 3 is 2.90 bits per heavy atom. The van der Waals surface area contributed by atoms with Crippen molar-refractivity contribution in [1.82, 2.24) is 4.31 Å². The van der Waals surface area contributed by atoms with Crippen molar-refractivity contribution in [3.8, 4) is 0 Å². The highest BCUT2D eigenvalue weighted by Crippen LogP contribution is 2.33. The van der Waals surface area contributed by atoms with Crippen LogP contribution in [0.4, 0.5) is 5.69 Å². The average Bonchev–Trinajstić information content (AvgIpc) is 2.79. The Bertz CT molecular complexity index is 625. The van der Waals surface area contributed by atoms with Crippen LogP contribution < -0.4 is 5.32 Å². The van der Waals surface area contributed by atoms with Crippen LogP contribution in [0, 0.1) is 0 Å². The van der Waals surface area contributed by atoms with Gasteiger partial charge in [-0.3, -0.25) is 0 Å². The first-order valence-electron chi connectivity index (χ1n) is 6.98. The molecule has 0 saturated carbocycles. The summed E-state index contributed by atoms with van der Waals surface area (Å²) in [6.45, 7) is 3.12. The molecule has 0 spiro atoms. The minimum Gasteiger partial charge on any atom is -0.389 e. The first-order valence-corrected chi connectivity index (χ1v) is 8.42. The summed E-state index contributed by atoms with van der Waals surface area (Å²) >= 11 is 0. The predicted octanol–water partition coefficient (Wildman–Crippen LogP) is 1.19. The van der Waals surface area contributed by atoms with E-state index in [4.69, 9.17) is 0 Å². The highest BCUT2D eigenvalue weighted by molar-refractivity contribution is 7.89. The number of rotatable bonds is 2. The number of benzene rings is 1. The Morgan fingerprint density at radius 1 is 1.40 bits per heavy atom. The number of sulfonamides is 1. The molecule has 0 aromatic heterocycles. The fourth-order valence-electron chi connectivity index (χ4n) is 2.97. The summed E-state index contributed by atoms with van der Waals surface area (Å²) in [5.74, 6) is 0. The van der Waals surface area contributed by atoms with Crippen LogP contribution in [0.5, 0.6) is 0 Å². The van der Waals surface area contributed by atoms with E-state index in [-0.39, 0.29) is 6.54 Å². The fraction of sp³-hybridized carbons (Fsp3) is 0.571. The molecule has 0 aliphatic carbocycles. The van der Waals surface area contributed by atoms with Gasteiger partial charge in [0, 0.05) is 25.3 Å². The zero-order chi connectivity index (χ0) is 14.4. The second kappa shape index (κ2) is 4.72. The molecule has 2 aliphatic heterocycles. The van der Waals surface area contributed by atoms with Gasteiger partial charge in [0.2, 0.25) is 10.0 Å². The van der Waals surface area contributed by atoms with Crippen molar-refractivity contribution in [2.75, 3.05) is 25.0 Å². The lowest BCUT2D eigenvalue weighted by Crippen LogP contribution is -2.34. The molecule has 1 unspecified atom stereocenters. The molecule has 1 aromatic rings. The summed E-state index contributed by atoms with van der Waals surface area (Å²) in [6.07, 6.45) is 2.21. The Morgan fingerprint density at radius 2 is 2.20 bits per heavy atom. The molecule has 5 nitrogen and oxygen atoms in total. The molecule has 2 N–H and O–H groups in total. The third-order valence-electron chi connectivity index (χ3n) is 4.09. The maximum atomic E-state index is 12.8. The van der Waals surface area contributed by atoms with Crippen LogP contribution in [0.1, 0.15) is 25.3 Å². The third kappa shape index (κ3) is 2.32. The number of nitrogens with one attached hydrogen (secondary N) is 1.